The van der Waals surface area contributed by atoms with Crippen molar-refractivity contribution < 1.29 is 76.0 Å². The van der Waals surface area contributed by atoms with Gasteiger partial charge in [-0.3, -0.25) is 9.59 Å². The highest BCUT2D eigenvalue weighted by molar-refractivity contribution is 5.76. The highest BCUT2D eigenvalue weighted by atomic mass is 16.8. The fourth-order valence-electron chi connectivity index (χ4n) is 7.73. The molecule has 0 aromatic rings. The van der Waals surface area contributed by atoms with Crippen LogP contribution in [-0.4, -0.2) is 156 Å². The molecule has 64 heavy (non-hydrogen) atoms. The number of esters is 3. The minimum atomic E-state index is -1.59. The van der Waals surface area contributed by atoms with E-state index < -0.39 is 110 Å². The average Bonchev–Trinajstić information content (AvgIpc) is 3.71. The Morgan fingerprint density at radius 2 is 1.12 bits per heavy atom. The van der Waals surface area contributed by atoms with Gasteiger partial charge in [-0.25, -0.2) is 4.79 Å². The number of carbonyl (C=O) groups excluding carboxylic acids is 3. The van der Waals surface area contributed by atoms with Crippen LogP contribution in [0.2, 0.25) is 0 Å². The Labute approximate surface area is 375 Å². The number of hydrogen-bond donors (Lipinski definition) is 0. The first kappa shape index (κ1) is 53.2. The lowest BCUT2D eigenvalue weighted by molar-refractivity contribution is -0.363. The number of azide groups is 2. The number of fused-ring (bicyclic) bond motifs is 2. The molecule has 4 rings (SSSR count). The Bertz CT molecular complexity index is 1520. The topological polar surface area (TPSA) is 269 Å². The van der Waals surface area contributed by atoms with Crippen molar-refractivity contribution in [2.45, 2.75) is 205 Å². The van der Waals surface area contributed by atoms with E-state index in [2.05, 4.69) is 20.1 Å². The van der Waals surface area contributed by atoms with E-state index in [1.54, 1.807) is 0 Å². The molecule has 0 aromatic heterocycles. The standard InChI is InChI=1S/C42H70N6O16/c1-8-13-18-52-31-27(23-57-25(6)49)61-41(29(45-47-43)33(31)53-19-14-9-2)63-36-35(54-20-15-10-3)38(55-21-16-11-4)42(64-37(36)39(51)56-22-17-12-5)62-32-28-24-58-40(60-28)30(46-48-44)34(32)59-26(7)50/h27-38,40-42H,8-24H2,1-7H3/t27-,28?,29?,30?,31+,32+,33+,34?,35?,36-,37+,38?,40+,41+,42+/m0/s1. The van der Waals surface area contributed by atoms with Crippen LogP contribution in [0.1, 0.15) is 113 Å². The Morgan fingerprint density at radius 1 is 0.578 bits per heavy atom. The molecule has 0 amide bonds. The zero-order valence-electron chi connectivity index (χ0n) is 38.4. The van der Waals surface area contributed by atoms with Crippen LogP contribution in [0.15, 0.2) is 10.2 Å². The summed E-state index contributed by atoms with van der Waals surface area (Å²) in [5, 5.41) is 7.98. The summed E-state index contributed by atoms with van der Waals surface area (Å²) in [4.78, 5) is 45.2. The van der Waals surface area contributed by atoms with Gasteiger partial charge in [0.1, 0.15) is 67.5 Å². The van der Waals surface area contributed by atoms with Crippen LogP contribution < -0.4 is 0 Å². The average molecular weight is 915 g/mol. The molecule has 4 aliphatic rings. The predicted octanol–water partition coefficient (Wildman–Crippen LogP) is 5.90. The maximum atomic E-state index is 14.4. The number of rotatable bonds is 29. The van der Waals surface area contributed by atoms with Crippen molar-refractivity contribution in [1.29, 1.82) is 0 Å². The molecule has 22 heteroatoms. The highest BCUT2D eigenvalue weighted by Gasteiger charge is 2.59. The lowest BCUT2D eigenvalue weighted by Gasteiger charge is -2.50. The summed E-state index contributed by atoms with van der Waals surface area (Å²) in [6.45, 7) is 13.2. The third-order valence-electron chi connectivity index (χ3n) is 11.1. The van der Waals surface area contributed by atoms with Gasteiger partial charge in [-0.2, -0.15) is 0 Å². The smallest absolute Gasteiger partial charge is 0.338 e. The second kappa shape index (κ2) is 28.6. The Hall–Kier alpha value is -3.37. The van der Waals surface area contributed by atoms with Gasteiger partial charge in [-0.1, -0.05) is 77.0 Å². The molecule has 15 atom stereocenters. The number of carbonyl (C=O) groups is 3. The molecule has 0 saturated carbocycles. The molecule has 0 spiro atoms. The third-order valence-corrected chi connectivity index (χ3v) is 11.1. The van der Waals surface area contributed by atoms with Gasteiger partial charge in [0, 0.05) is 50.1 Å². The van der Waals surface area contributed by atoms with E-state index in [1.807, 2.05) is 34.6 Å². The van der Waals surface area contributed by atoms with Crippen LogP contribution in [0, 0.1) is 0 Å². The van der Waals surface area contributed by atoms with E-state index in [1.165, 1.54) is 13.8 Å². The Kier molecular flexibility index (Phi) is 23.8. The van der Waals surface area contributed by atoms with Gasteiger partial charge in [0.2, 0.25) is 0 Å². The van der Waals surface area contributed by atoms with Gasteiger partial charge in [0.25, 0.3) is 0 Å². The summed E-state index contributed by atoms with van der Waals surface area (Å²) in [6.07, 6.45) is -7.98. The molecule has 364 valence electrons. The van der Waals surface area contributed by atoms with Gasteiger partial charge in [-0.15, -0.1) is 0 Å². The minimum absolute atomic E-state index is 0.00223. The van der Waals surface area contributed by atoms with Gasteiger partial charge >= 0.3 is 17.9 Å². The monoisotopic (exact) mass is 914 g/mol. The zero-order valence-corrected chi connectivity index (χ0v) is 38.4. The molecule has 22 nitrogen and oxygen atoms in total. The summed E-state index contributed by atoms with van der Waals surface area (Å²) in [5.41, 5.74) is 19.5. The largest absolute Gasteiger partial charge is 0.464 e. The van der Waals surface area contributed by atoms with Crippen molar-refractivity contribution in [2.24, 2.45) is 10.2 Å². The van der Waals surface area contributed by atoms with Crippen LogP contribution in [0.5, 0.6) is 0 Å². The lowest BCUT2D eigenvalue weighted by atomic mass is 9.94. The lowest BCUT2D eigenvalue weighted by Crippen LogP contribution is -2.67. The number of ether oxygens (including phenoxy) is 13. The van der Waals surface area contributed by atoms with Crippen LogP contribution in [0.4, 0.5) is 0 Å². The fraction of sp³-hybridized carbons (Fsp3) is 0.929. The quantitative estimate of drug-likeness (QED) is 0.0211. The summed E-state index contributed by atoms with van der Waals surface area (Å²) in [6, 6.07) is -2.33. The van der Waals surface area contributed by atoms with E-state index in [9.17, 15) is 25.4 Å². The van der Waals surface area contributed by atoms with E-state index in [-0.39, 0.29) is 39.6 Å². The highest BCUT2D eigenvalue weighted by Crippen LogP contribution is 2.39. The second-order valence-electron chi connectivity index (χ2n) is 16.1. The molecule has 4 fully saturated rings. The molecule has 4 heterocycles. The van der Waals surface area contributed by atoms with Crippen molar-refractivity contribution in [2.75, 3.05) is 46.2 Å². The maximum Gasteiger partial charge on any atom is 0.338 e. The van der Waals surface area contributed by atoms with E-state index in [0.29, 0.717) is 38.7 Å². The summed E-state index contributed by atoms with van der Waals surface area (Å²) in [7, 11) is 0. The van der Waals surface area contributed by atoms with Crippen molar-refractivity contribution in [3.8, 4) is 0 Å². The first-order valence-electron chi connectivity index (χ1n) is 23.0. The van der Waals surface area contributed by atoms with Gasteiger partial charge in [-0.05, 0) is 43.2 Å². The van der Waals surface area contributed by atoms with Crippen LogP contribution in [-0.2, 0) is 76.0 Å². The second-order valence-corrected chi connectivity index (χ2v) is 16.1. The molecule has 0 radical (unpaired) electrons. The van der Waals surface area contributed by atoms with E-state index >= 15 is 0 Å². The van der Waals surface area contributed by atoms with E-state index in [0.717, 1.165) is 32.1 Å². The van der Waals surface area contributed by atoms with Crippen LogP contribution >= 0.6 is 0 Å². The zero-order chi connectivity index (χ0) is 46.4. The Balaban J connectivity index is 1.85. The maximum absolute atomic E-state index is 14.4. The Morgan fingerprint density at radius 3 is 1.70 bits per heavy atom. The summed E-state index contributed by atoms with van der Waals surface area (Å²) >= 11 is 0. The van der Waals surface area contributed by atoms with Crippen molar-refractivity contribution in [1.82, 2.24) is 0 Å². The van der Waals surface area contributed by atoms with Gasteiger partial charge in [0.15, 0.2) is 25.0 Å². The first-order chi connectivity index (χ1) is 31.1. The SMILES string of the molecule is CCCCOC(=O)[C@@H]1O[C@@H](O[C@@H]2C3CO[C@H](O3)C(N=[N+]=[N-])C2OC(C)=O)C(OCCCC)C(OCCCC)[C@@H]1O[C@H]1O[C@@H](COC(C)=O)[C@@H](OCCCC)[C@H](OCCCC)C1N=[N+]=[N-]. The van der Waals surface area contributed by atoms with Crippen molar-refractivity contribution >= 4 is 17.9 Å². The number of nitrogens with zero attached hydrogens (tertiary/aromatic N) is 6. The predicted molar refractivity (Wildman–Crippen MR) is 224 cm³/mol. The number of hydrogen-bond acceptors (Lipinski definition) is 18. The van der Waals surface area contributed by atoms with Crippen LogP contribution in [0.3, 0.4) is 0 Å². The molecule has 4 saturated heterocycles. The van der Waals surface area contributed by atoms with Crippen molar-refractivity contribution in [3.05, 3.63) is 20.9 Å². The van der Waals surface area contributed by atoms with Gasteiger partial charge in [0.05, 0.1) is 19.3 Å². The number of unbranched alkanes of at least 4 members (excludes halogenated alkanes) is 5. The third kappa shape index (κ3) is 15.1. The molecule has 0 aromatic carbocycles. The molecule has 6 unspecified atom stereocenters. The molecule has 0 N–H and O–H groups in total. The van der Waals surface area contributed by atoms with E-state index in [4.69, 9.17) is 61.6 Å². The molecule has 4 aliphatic heterocycles. The molecular formula is C42H70N6O16. The normalized spacial score (nSPS) is 33.4. The summed E-state index contributed by atoms with van der Waals surface area (Å²) < 4.78 is 81.5. The molecule has 0 aliphatic carbocycles. The summed E-state index contributed by atoms with van der Waals surface area (Å²) in [5.74, 6) is -2.05. The van der Waals surface area contributed by atoms with Gasteiger partial charge < -0.3 is 61.6 Å². The fourth-order valence-corrected chi connectivity index (χ4v) is 7.73. The minimum Gasteiger partial charge on any atom is -0.464 e. The first-order valence-corrected chi connectivity index (χ1v) is 23.0. The van der Waals surface area contributed by atoms with Crippen molar-refractivity contribution in [3.63, 3.8) is 0 Å². The van der Waals surface area contributed by atoms with Crippen LogP contribution in [0.25, 0.3) is 20.9 Å². The molecular weight excluding hydrogens is 844 g/mol. The molecule has 2 bridgehead atoms.